The maximum absolute atomic E-state index is 12.4. The second-order valence-corrected chi connectivity index (χ2v) is 6.56. The number of unbranched alkanes of at least 4 members (excludes halogenated alkanes) is 1. The summed E-state index contributed by atoms with van der Waals surface area (Å²) in [6.45, 7) is 12.2. The van der Waals surface area contributed by atoms with Gasteiger partial charge in [-0.2, -0.15) is 0 Å². The lowest BCUT2D eigenvalue weighted by atomic mass is 9.83. The fourth-order valence-corrected chi connectivity index (χ4v) is 2.62. The van der Waals surface area contributed by atoms with Crippen molar-refractivity contribution >= 4 is 17.5 Å². The number of hydrogen-bond acceptors (Lipinski definition) is 2. The Kier molecular flexibility index (Phi) is 7.91. The van der Waals surface area contributed by atoms with Gasteiger partial charge in [-0.25, -0.2) is 0 Å². The summed E-state index contributed by atoms with van der Waals surface area (Å²) in [6.07, 6.45) is 2.12. The van der Waals surface area contributed by atoms with Crippen LogP contribution in [-0.2, 0) is 10.2 Å². The molecule has 1 aromatic carbocycles. The Hall–Kier alpha value is -1.06. The summed E-state index contributed by atoms with van der Waals surface area (Å²) < 4.78 is 0. The Bertz CT molecular complexity index is 470. The van der Waals surface area contributed by atoms with E-state index in [0.29, 0.717) is 5.02 Å². The second-order valence-electron chi connectivity index (χ2n) is 6.13. The Balaban J connectivity index is 2.41. The minimum Gasteiger partial charge on any atom is -0.355 e. The molecule has 1 aromatic rings. The van der Waals surface area contributed by atoms with Gasteiger partial charge >= 0.3 is 0 Å². The van der Waals surface area contributed by atoms with Gasteiger partial charge in [-0.1, -0.05) is 37.6 Å². The van der Waals surface area contributed by atoms with Crippen LogP contribution in [0, 0.1) is 0 Å². The Morgan fingerprint density at radius 1 is 1.23 bits per heavy atom. The normalized spacial score (nSPS) is 11.7. The maximum Gasteiger partial charge on any atom is 0.230 e. The smallest absolute Gasteiger partial charge is 0.230 e. The van der Waals surface area contributed by atoms with Gasteiger partial charge in [-0.05, 0) is 64.0 Å². The molecule has 4 heteroatoms. The van der Waals surface area contributed by atoms with E-state index in [1.54, 1.807) is 0 Å². The molecule has 0 bridgehead atoms. The van der Waals surface area contributed by atoms with Crippen LogP contribution in [0.15, 0.2) is 24.3 Å². The molecule has 0 heterocycles. The average Bonchev–Trinajstić information content (AvgIpc) is 2.50. The van der Waals surface area contributed by atoms with Crippen molar-refractivity contribution < 1.29 is 4.79 Å². The highest BCUT2D eigenvalue weighted by Gasteiger charge is 2.29. The predicted octanol–water partition coefficient (Wildman–Crippen LogP) is 3.86. The second kappa shape index (κ2) is 9.16. The lowest BCUT2D eigenvalue weighted by molar-refractivity contribution is -0.125. The molecule has 0 aliphatic heterocycles. The van der Waals surface area contributed by atoms with Crippen LogP contribution in [0.1, 0.15) is 46.1 Å². The van der Waals surface area contributed by atoms with Gasteiger partial charge < -0.3 is 10.2 Å². The largest absolute Gasteiger partial charge is 0.355 e. The zero-order valence-corrected chi connectivity index (χ0v) is 15.0. The summed E-state index contributed by atoms with van der Waals surface area (Å²) in [6, 6.07) is 7.52. The van der Waals surface area contributed by atoms with Gasteiger partial charge in [0.05, 0.1) is 5.41 Å². The number of halogens is 1. The minimum absolute atomic E-state index is 0.0533. The van der Waals surface area contributed by atoms with Crippen molar-refractivity contribution in [2.75, 3.05) is 26.2 Å². The van der Waals surface area contributed by atoms with Crippen molar-refractivity contribution in [3.05, 3.63) is 34.9 Å². The first kappa shape index (κ1) is 19.0. The molecular formula is C18H29ClN2O. The van der Waals surface area contributed by atoms with Crippen molar-refractivity contribution in [2.24, 2.45) is 0 Å². The molecule has 0 fully saturated rings. The van der Waals surface area contributed by atoms with E-state index in [2.05, 4.69) is 24.1 Å². The number of amides is 1. The first-order chi connectivity index (χ1) is 10.4. The predicted molar refractivity (Wildman–Crippen MR) is 94.5 cm³/mol. The molecular weight excluding hydrogens is 296 g/mol. The molecule has 0 atom stereocenters. The molecule has 3 nitrogen and oxygen atoms in total. The van der Waals surface area contributed by atoms with Gasteiger partial charge in [-0.15, -0.1) is 0 Å². The van der Waals surface area contributed by atoms with Crippen LogP contribution in [0.3, 0.4) is 0 Å². The van der Waals surface area contributed by atoms with Crippen molar-refractivity contribution in [3.8, 4) is 0 Å². The Morgan fingerprint density at radius 2 is 1.91 bits per heavy atom. The van der Waals surface area contributed by atoms with E-state index in [-0.39, 0.29) is 5.91 Å². The SMILES string of the molecule is CCN(CC)CCCCNC(=O)C(C)(C)c1cccc(Cl)c1. The lowest BCUT2D eigenvalue weighted by Crippen LogP contribution is -2.40. The van der Waals surface area contributed by atoms with Crippen LogP contribution >= 0.6 is 11.6 Å². The molecule has 0 aliphatic rings. The molecule has 0 spiro atoms. The molecule has 0 unspecified atom stereocenters. The number of hydrogen-bond donors (Lipinski definition) is 1. The van der Waals surface area contributed by atoms with Gasteiger partial charge in [0.2, 0.25) is 5.91 Å². The monoisotopic (exact) mass is 324 g/mol. The summed E-state index contributed by atoms with van der Waals surface area (Å²) in [4.78, 5) is 14.8. The van der Waals surface area contributed by atoms with Crippen LogP contribution < -0.4 is 5.32 Å². The lowest BCUT2D eigenvalue weighted by Gasteiger charge is -2.24. The molecule has 0 aromatic heterocycles. The molecule has 124 valence electrons. The fourth-order valence-electron chi connectivity index (χ4n) is 2.43. The summed E-state index contributed by atoms with van der Waals surface area (Å²) in [7, 11) is 0. The van der Waals surface area contributed by atoms with Gasteiger partial charge in [0.1, 0.15) is 0 Å². The minimum atomic E-state index is -0.566. The van der Waals surface area contributed by atoms with E-state index in [1.165, 1.54) is 0 Å². The summed E-state index contributed by atoms with van der Waals surface area (Å²) >= 11 is 6.02. The van der Waals surface area contributed by atoms with Gasteiger partial charge in [0.25, 0.3) is 0 Å². The van der Waals surface area contributed by atoms with Crippen LogP contribution in [0.4, 0.5) is 0 Å². The third-order valence-corrected chi connectivity index (χ3v) is 4.43. The first-order valence-corrected chi connectivity index (χ1v) is 8.56. The molecule has 0 radical (unpaired) electrons. The Morgan fingerprint density at radius 3 is 2.50 bits per heavy atom. The summed E-state index contributed by atoms with van der Waals surface area (Å²) in [5.41, 5.74) is 0.379. The van der Waals surface area contributed by atoms with E-state index in [0.717, 1.165) is 44.6 Å². The van der Waals surface area contributed by atoms with Crippen LogP contribution in [0.2, 0.25) is 5.02 Å². The number of benzene rings is 1. The molecule has 1 N–H and O–H groups in total. The van der Waals surface area contributed by atoms with E-state index >= 15 is 0 Å². The van der Waals surface area contributed by atoms with Crippen LogP contribution in [0.5, 0.6) is 0 Å². The van der Waals surface area contributed by atoms with E-state index in [9.17, 15) is 4.79 Å². The van der Waals surface area contributed by atoms with Gasteiger partial charge in [0, 0.05) is 11.6 Å². The summed E-state index contributed by atoms with van der Waals surface area (Å²) in [5.74, 6) is 0.0533. The number of rotatable bonds is 9. The quantitative estimate of drug-likeness (QED) is 0.700. The van der Waals surface area contributed by atoms with Crippen molar-refractivity contribution in [3.63, 3.8) is 0 Å². The van der Waals surface area contributed by atoms with Crippen molar-refractivity contribution in [2.45, 2.75) is 46.0 Å². The van der Waals surface area contributed by atoms with Crippen LogP contribution in [-0.4, -0.2) is 37.0 Å². The Labute approximate surface area is 140 Å². The number of carbonyl (C=O) groups is 1. The number of nitrogens with zero attached hydrogens (tertiary/aromatic N) is 1. The van der Waals surface area contributed by atoms with E-state index in [1.807, 2.05) is 38.1 Å². The molecule has 0 saturated carbocycles. The molecule has 1 rings (SSSR count). The number of nitrogens with one attached hydrogen (secondary N) is 1. The highest BCUT2D eigenvalue weighted by Crippen LogP contribution is 2.25. The standard InChI is InChI=1S/C18H29ClN2O/c1-5-21(6-2)13-8-7-12-20-17(22)18(3,4)15-10-9-11-16(19)14-15/h9-11,14H,5-8,12-13H2,1-4H3,(H,20,22). The van der Waals surface area contributed by atoms with Crippen LogP contribution in [0.25, 0.3) is 0 Å². The number of carbonyl (C=O) groups excluding carboxylic acids is 1. The topological polar surface area (TPSA) is 32.3 Å². The van der Waals surface area contributed by atoms with E-state index in [4.69, 9.17) is 11.6 Å². The van der Waals surface area contributed by atoms with Crippen molar-refractivity contribution in [1.82, 2.24) is 10.2 Å². The molecule has 0 aliphatic carbocycles. The van der Waals surface area contributed by atoms with E-state index < -0.39 is 5.41 Å². The molecule has 22 heavy (non-hydrogen) atoms. The molecule has 1 amide bonds. The third kappa shape index (κ3) is 5.62. The van der Waals surface area contributed by atoms with Gasteiger partial charge in [0.15, 0.2) is 0 Å². The highest BCUT2D eigenvalue weighted by atomic mass is 35.5. The summed E-state index contributed by atoms with van der Waals surface area (Å²) in [5, 5.41) is 3.71. The third-order valence-electron chi connectivity index (χ3n) is 4.20. The average molecular weight is 325 g/mol. The van der Waals surface area contributed by atoms with Crippen molar-refractivity contribution in [1.29, 1.82) is 0 Å². The first-order valence-electron chi connectivity index (χ1n) is 8.18. The molecule has 0 saturated heterocycles. The maximum atomic E-state index is 12.4. The zero-order valence-electron chi connectivity index (χ0n) is 14.3. The highest BCUT2D eigenvalue weighted by molar-refractivity contribution is 6.30. The fraction of sp³-hybridized carbons (Fsp3) is 0.611. The zero-order chi connectivity index (χ0) is 16.6. The van der Waals surface area contributed by atoms with Gasteiger partial charge in [-0.3, -0.25) is 4.79 Å².